The van der Waals surface area contributed by atoms with Crippen LogP contribution in [0.4, 0.5) is 5.82 Å². The number of hydrogen-bond acceptors (Lipinski definition) is 7. The lowest BCUT2D eigenvalue weighted by Crippen LogP contribution is -2.13. The van der Waals surface area contributed by atoms with Gasteiger partial charge in [0.2, 0.25) is 5.89 Å². The van der Waals surface area contributed by atoms with E-state index >= 15 is 0 Å². The number of aromatic carboxylic acids is 1. The highest BCUT2D eigenvalue weighted by atomic mass is 16.5. The summed E-state index contributed by atoms with van der Waals surface area (Å²) in [5.74, 6) is 0.488. The molecule has 0 aliphatic heterocycles. The van der Waals surface area contributed by atoms with Crippen molar-refractivity contribution in [2.75, 3.05) is 5.32 Å². The average Bonchev–Trinajstić information content (AvgIpc) is 3.11. The summed E-state index contributed by atoms with van der Waals surface area (Å²) in [5.41, 5.74) is 0.304. The van der Waals surface area contributed by atoms with Crippen molar-refractivity contribution in [1.82, 2.24) is 25.1 Å². The van der Waals surface area contributed by atoms with Crippen LogP contribution in [0.25, 0.3) is 11.0 Å². The van der Waals surface area contributed by atoms with Crippen LogP contribution in [-0.2, 0) is 12.0 Å². The molecule has 0 saturated heterocycles. The summed E-state index contributed by atoms with van der Waals surface area (Å²) >= 11 is 0. The minimum absolute atomic E-state index is 0.0522. The summed E-state index contributed by atoms with van der Waals surface area (Å²) in [5, 5.41) is 16.6. The van der Waals surface area contributed by atoms with Crippen LogP contribution >= 0.6 is 0 Å². The molecule has 3 aromatic heterocycles. The number of carboxylic acid groups (broad SMARTS) is 1. The lowest BCUT2D eigenvalue weighted by atomic mass is 9.96. The van der Waals surface area contributed by atoms with E-state index in [0.29, 0.717) is 28.6 Å². The van der Waals surface area contributed by atoms with Crippen LogP contribution in [0.1, 0.15) is 43.0 Å². The number of nitrogens with zero attached hydrogens (tertiary/aromatic N) is 4. The number of aromatic amines is 1. The van der Waals surface area contributed by atoms with Crippen LogP contribution in [0, 0.1) is 0 Å². The molecule has 3 N–H and O–H groups in total. The van der Waals surface area contributed by atoms with E-state index < -0.39 is 5.97 Å². The predicted molar refractivity (Wildman–Crippen MR) is 81.2 cm³/mol. The SMILES string of the molecule is CC(C)(C)c1noc(CNc2ncnc3[nH]c(C(=O)O)cc23)n1. The number of fused-ring (bicyclic) bond motifs is 1. The molecule has 3 rings (SSSR count). The summed E-state index contributed by atoms with van der Waals surface area (Å²) in [4.78, 5) is 26.2. The molecule has 0 aliphatic carbocycles. The van der Waals surface area contributed by atoms with Gasteiger partial charge in [-0.25, -0.2) is 14.8 Å². The maximum atomic E-state index is 11.0. The third-order valence-corrected chi connectivity index (χ3v) is 3.20. The molecule has 0 radical (unpaired) electrons. The zero-order chi connectivity index (χ0) is 16.6. The highest BCUT2D eigenvalue weighted by Gasteiger charge is 2.21. The third kappa shape index (κ3) is 2.98. The lowest BCUT2D eigenvalue weighted by molar-refractivity contribution is 0.0691. The highest BCUT2D eigenvalue weighted by molar-refractivity contribution is 5.96. The lowest BCUT2D eigenvalue weighted by Gasteiger charge is -2.10. The Hall–Kier alpha value is -2.97. The van der Waals surface area contributed by atoms with Crippen LogP contribution in [0.3, 0.4) is 0 Å². The number of rotatable bonds is 4. The Labute approximate surface area is 131 Å². The molecule has 0 aromatic carbocycles. The summed E-state index contributed by atoms with van der Waals surface area (Å²) in [7, 11) is 0. The zero-order valence-corrected chi connectivity index (χ0v) is 12.9. The number of anilines is 1. The van der Waals surface area contributed by atoms with Crippen LogP contribution < -0.4 is 5.32 Å². The molecule has 3 heterocycles. The topological polar surface area (TPSA) is 130 Å². The van der Waals surface area contributed by atoms with Gasteiger partial charge in [-0.3, -0.25) is 0 Å². The molecule has 0 fully saturated rings. The van der Waals surface area contributed by atoms with Crippen molar-refractivity contribution < 1.29 is 14.4 Å². The smallest absolute Gasteiger partial charge is 0.352 e. The second-order valence-corrected chi connectivity index (χ2v) is 6.09. The fraction of sp³-hybridized carbons (Fsp3) is 0.357. The first-order valence-electron chi connectivity index (χ1n) is 6.98. The predicted octanol–water partition coefficient (Wildman–Crippen LogP) is 1.95. The van der Waals surface area contributed by atoms with E-state index in [-0.39, 0.29) is 17.7 Å². The molecule has 23 heavy (non-hydrogen) atoms. The van der Waals surface area contributed by atoms with E-state index in [4.69, 9.17) is 9.63 Å². The summed E-state index contributed by atoms with van der Waals surface area (Å²) < 4.78 is 5.20. The van der Waals surface area contributed by atoms with Gasteiger partial charge in [-0.15, -0.1) is 0 Å². The first kappa shape index (κ1) is 14.9. The van der Waals surface area contributed by atoms with Gasteiger partial charge < -0.3 is 19.9 Å². The fourth-order valence-electron chi connectivity index (χ4n) is 1.99. The standard InChI is InChI=1S/C14H16N6O3/c1-14(2,3)13-19-9(23-20-13)5-15-10-7-4-8(12(21)22)18-11(7)17-6-16-10/h4,6H,5H2,1-3H3,(H,21,22)(H2,15,16,17,18). The average molecular weight is 316 g/mol. The number of hydrogen-bond donors (Lipinski definition) is 3. The summed E-state index contributed by atoms with van der Waals surface area (Å²) in [6.45, 7) is 6.27. The normalized spacial score (nSPS) is 11.8. The Morgan fingerprint density at radius 1 is 1.39 bits per heavy atom. The summed E-state index contributed by atoms with van der Waals surface area (Å²) in [6.07, 6.45) is 1.35. The van der Waals surface area contributed by atoms with Gasteiger partial charge in [-0.2, -0.15) is 4.98 Å². The van der Waals surface area contributed by atoms with Gasteiger partial charge >= 0.3 is 5.97 Å². The van der Waals surface area contributed by atoms with Gasteiger partial charge in [-0.1, -0.05) is 25.9 Å². The molecule has 0 atom stereocenters. The van der Waals surface area contributed by atoms with Crippen molar-refractivity contribution in [3.05, 3.63) is 29.8 Å². The molecule has 0 bridgehead atoms. The molecule has 0 spiro atoms. The molecule has 0 saturated carbocycles. The highest BCUT2D eigenvalue weighted by Crippen LogP contribution is 2.22. The Balaban J connectivity index is 1.82. The molecule has 120 valence electrons. The molecular weight excluding hydrogens is 300 g/mol. The van der Waals surface area contributed by atoms with Crippen molar-refractivity contribution in [1.29, 1.82) is 0 Å². The summed E-state index contributed by atoms with van der Waals surface area (Å²) in [6, 6.07) is 1.48. The van der Waals surface area contributed by atoms with Gasteiger partial charge in [-0.05, 0) is 6.07 Å². The van der Waals surface area contributed by atoms with Crippen molar-refractivity contribution in [3.63, 3.8) is 0 Å². The maximum Gasteiger partial charge on any atom is 0.352 e. The minimum Gasteiger partial charge on any atom is -0.477 e. The van der Waals surface area contributed by atoms with Gasteiger partial charge in [0, 0.05) is 5.41 Å². The van der Waals surface area contributed by atoms with Gasteiger partial charge in [0.15, 0.2) is 5.82 Å². The first-order valence-corrected chi connectivity index (χ1v) is 6.98. The number of H-pyrrole nitrogens is 1. The molecule has 0 amide bonds. The molecule has 9 nitrogen and oxygen atoms in total. The van der Waals surface area contributed by atoms with Crippen LogP contribution in [0.5, 0.6) is 0 Å². The fourth-order valence-corrected chi connectivity index (χ4v) is 1.99. The van der Waals surface area contributed by atoms with Gasteiger partial charge in [0.05, 0.1) is 11.9 Å². The van der Waals surface area contributed by atoms with Gasteiger partial charge in [0.25, 0.3) is 0 Å². The number of carboxylic acids is 1. The monoisotopic (exact) mass is 316 g/mol. The van der Waals surface area contributed by atoms with E-state index in [0.717, 1.165) is 0 Å². The Bertz CT molecular complexity index is 861. The molecule has 9 heteroatoms. The Morgan fingerprint density at radius 2 is 2.17 bits per heavy atom. The van der Waals surface area contributed by atoms with Crippen LogP contribution in [0.2, 0.25) is 0 Å². The molecule has 0 aliphatic rings. The van der Waals surface area contributed by atoms with Crippen molar-refractivity contribution in [2.24, 2.45) is 0 Å². The van der Waals surface area contributed by atoms with Crippen molar-refractivity contribution in [3.8, 4) is 0 Å². The number of carbonyl (C=O) groups is 1. The molecule has 3 aromatic rings. The first-order chi connectivity index (χ1) is 10.8. The maximum absolute atomic E-state index is 11.0. The van der Waals surface area contributed by atoms with E-state index in [1.54, 1.807) is 0 Å². The van der Waals surface area contributed by atoms with Crippen molar-refractivity contribution >= 4 is 22.8 Å². The largest absolute Gasteiger partial charge is 0.477 e. The second kappa shape index (κ2) is 5.34. The number of aromatic nitrogens is 5. The molecule has 0 unspecified atom stereocenters. The third-order valence-electron chi connectivity index (χ3n) is 3.20. The van der Waals surface area contributed by atoms with E-state index in [1.165, 1.54) is 12.4 Å². The Kier molecular flexibility index (Phi) is 3.47. The van der Waals surface area contributed by atoms with Crippen LogP contribution in [-0.4, -0.2) is 36.2 Å². The quantitative estimate of drug-likeness (QED) is 0.666. The zero-order valence-electron chi connectivity index (χ0n) is 12.9. The number of nitrogens with one attached hydrogen (secondary N) is 2. The molecular formula is C14H16N6O3. The Morgan fingerprint density at radius 3 is 2.83 bits per heavy atom. The van der Waals surface area contributed by atoms with E-state index in [9.17, 15) is 4.79 Å². The van der Waals surface area contributed by atoms with Crippen molar-refractivity contribution in [2.45, 2.75) is 32.7 Å². The van der Waals surface area contributed by atoms with E-state index in [2.05, 4.69) is 30.4 Å². The van der Waals surface area contributed by atoms with Gasteiger partial charge in [0.1, 0.15) is 23.5 Å². The van der Waals surface area contributed by atoms with E-state index in [1.807, 2.05) is 20.8 Å². The minimum atomic E-state index is -1.05. The van der Waals surface area contributed by atoms with Crippen LogP contribution in [0.15, 0.2) is 16.9 Å². The second-order valence-electron chi connectivity index (χ2n) is 6.09.